The molecule has 1 heterocycles. The first-order chi connectivity index (χ1) is 8.61. The molecule has 0 aliphatic heterocycles. The summed E-state index contributed by atoms with van der Waals surface area (Å²) in [5, 5.41) is 3.20. The van der Waals surface area contributed by atoms with Crippen LogP contribution in [0.3, 0.4) is 0 Å². The number of nitrogens with zero attached hydrogens (tertiary/aromatic N) is 2. The monoisotopic (exact) mass is 252 g/mol. The Morgan fingerprint density at radius 1 is 1.39 bits per heavy atom. The fourth-order valence-corrected chi connectivity index (χ4v) is 1.51. The Hall–Kier alpha value is -1.36. The van der Waals surface area contributed by atoms with Crippen LogP contribution in [0, 0.1) is 5.92 Å². The van der Waals surface area contributed by atoms with E-state index in [4.69, 9.17) is 10.5 Å². The number of hydrogen-bond donors (Lipinski definition) is 2. The normalized spacial score (nSPS) is 10.9. The number of nitrogens with two attached hydrogens (primary N) is 1. The van der Waals surface area contributed by atoms with Gasteiger partial charge in [0.05, 0.1) is 6.61 Å². The van der Waals surface area contributed by atoms with Gasteiger partial charge in [-0.05, 0) is 12.3 Å². The van der Waals surface area contributed by atoms with Gasteiger partial charge < -0.3 is 15.8 Å². The van der Waals surface area contributed by atoms with Gasteiger partial charge >= 0.3 is 0 Å². The summed E-state index contributed by atoms with van der Waals surface area (Å²) in [6.07, 6.45) is 1.87. The van der Waals surface area contributed by atoms with Crippen LogP contribution in [0.15, 0.2) is 6.07 Å². The third-order valence-electron chi connectivity index (χ3n) is 2.27. The first kappa shape index (κ1) is 14.7. The lowest BCUT2D eigenvalue weighted by Crippen LogP contribution is -2.14. The first-order valence-corrected chi connectivity index (χ1v) is 6.56. The van der Waals surface area contributed by atoms with Gasteiger partial charge in [-0.25, -0.2) is 9.97 Å². The van der Waals surface area contributed by atoms with Gasteiger partial charge in [0.15, 0.2) is 0 Å². The van der Waals surface area contributed by atoms with Crippen molar-refractivity contribution >= 4 is 11.6 Å². The maximum atomic E-state index is 5.74. The highest BCUT2D eigenvalue weighted by molar-refractivity contribution is 5.44. The molecule has 0 aromatic carbocycles. The Balaban J connectivity index is 2.37. The zero-order valence-corrected chi connectivity index (χ0v) is 11.6. The smallest absolute Gasteiger partial charge is 0.133 e. The summed E-state index contributed by atoms with van der Waals surface area (Å²) < 4.78 is 5.49. The second-order valence-electron chi connectivity index (χ2n) is 4.74. The van der Waals surface area contributed by atoms with Crippen LogP contribution in [-0.2, 0) is 11.2 Å². The molecule has 0 aliphatic carbocycles. The highest BCUT2D eigenvalue weighted by atomic mass is 16.5. The zero-order valence-electron chi connectivity index (χ0n) is 11.6. The average Bonchev–Trinajstić information content (AvgIpc) is 2.28. The molecule has 1 rings (SSSR count). The Morgan fingerprint density at radius 3 is 2.83 bits per heavy atom. The van der Waals surface area contributed by atoms with Crippen molar-refractivity contribution in [3.8, 4) is 0 Å². The molecule has 5 nitrogen and oxygen atoms in total. The molecule has 1 aromatic heterocycles. The number of nitrogens with one attached hydrogen (secondary N) is 1. The molecule has 3 N–H and O–H groups in total. The Kier molecular flexibility index (Phi) is 6.43. The van der Waals surface area contributed by atoms with Crippen LogP contribution in [0.1, 0.15) is 33.0 Å². The molecule has 0 aliphatic rings. The fourth-order valence-electron chi connectivity index (χ4n) is 1.51. The van der Waals surface area contributed by atoms with Crippen LogP contribution in [-0.4, -0.2) is 29.7 Å². The highest BCUT2D eigenvalue weighted by Crippen LogP contribution is 2.09. The van der Waals surface area contributed by atoms with Gasteiger partial charge in [0, 0.05) is 25.6 Å². The molecule has 5 heteroatoms. The Bertz CT molecular complexity index is 355. The van der Waals surface area contributed by atoms with E-state index < -0.39 is 0 Å². The van der Waals surface area contributed by atoms with Crippen LogP contribution in [0.25, 0.3) is 0 Å². The second kappa shape index (κ2) is 7.87. The molecule has 0 spiro atoms. The van der Waals surface area contributed by atoms with E-state index in [1.165, 1.54) is 0 Å². The summed E-state index contributed by atoms with van der Waals surface area (Å²) in [5.74, 6) is 2.65. The number of aryl methyl sites for hydroxylation is 1. The largest absolute Gasteiger partial charge is 0.384 e. The predicted molar refractivity (Wildman–Crippen MR) is 74.6 cm³/mol. The molecule has 0 unspecified atom stereocenters. The number of hydrogen-bond acceptors (Lipinski definition) is 5. The van der Waals surface area contributed by atoms with Gasteiger partial charge in [0.25, 0.3) is 0 Å². The third-order valence-corrected chi connectivity index (χ3v) is 2.27. The number of nitrogen functional groups attached to an aromatic ring is 1. The quantitative estimate of drug-likeness (QED) is 0.693. The van der Waals surface area contributed by atoms with Crippen LogP contribution >= 0.6 is 0 Å². The van der Waals surface area contributed by atoms with E-state index in [0.29, 0.717) is 18.3 Å². The van der Waals surface area contributed by atoms with E-state index in [1.807, 2.05) is 0 Å². The van der Waals surface area contributed by atoms with Gasteiger partial charge in [-0.15, -0.1) is 0 Å². The van der Waals surface area contributed by atoms with Crippen LogP contribution in [0.2, 0.25) is 0 Å². The third kappa shape index (κ3) is 5.82. The molecule has 0 amide bonds. The minimum atomic E-state index is 0.513. The van der Waals surface area contributed by atoms with Crippen LogP contribution in [0.4, 0.5) is 11.6 Å². The van der Waals surface area contributed by atoms with E-state index >= 15 is 0 Å². The van der Waals surface area contributed by atoms with Crippen molar-refractivity contribution in [3.05, 3.63) is 11.9 Å². The standard InChI is InChI=1S/C13H24N4O/c1-4-5-12-16-11(14)8-13(17-12)15-6-7-18-9-10(2)3/h8,10H,4-7,9H2,1-3H3,(H3,14,15,16,17). The molecule has 18 heavy (non-hydrogen) atoms. The molecule has 102 valence electrons. The van der Waals surface area contributed by atoms with Gasteiger partial charge in [-0.1, -0.05) is 20.8 Å². The molecule has 0 bridgehead atoms. The van der Waals surface area contributed by atoms with Crippen LogP contribution in [0.5, 0.6) is 0 Å². The number of anilines is 2. The second-order valence-corrected chi connectivity index (χ2v) is 4.74. The Labute approximate surface area is 109 Å². The summed E-state index contributed by atoms with van der Waals surface area (Å²) in [6, 6.07) is 1.75. The summed E-state index contributed by atoms with van der Waals surface area (Å²) in [6.45, 7) is 8.55. The van der Waals surface area contributed by atoms with Gasteiger partial charge in [-0.3, -0.25) is 0 Å². The molecule has 0 saturated carbocycles. The minimum absolute atomic E-state index is 0.513. The summed E-state index contributed by atoms with van der Waals surface area (Å²) in [4.78, 5) is 8.58. The molecule has 0 fully saturated rings. The van der Waals surface area contributed by atoms with Gasteiger partial charge in [0.1, 0.15) is 17.5 Å². The highest BCUT2D eigenvalue weighted by Gasteiger charge is 2.01. The lowest BCUT2D eigenvalue weighted by atomic mass is 10.2. The van der Waals surface area contributed by atoms with E-state index in [9.17, 15) is 0 Å². The summed E-state index contributed by atoms with van der Waals surface area (Å²) in [5.41, 5.74) is 5.74. The van der Waals surface area contributed by atoms with Crippen molar-refractivity contribution in [1.29, 1.82) is 0 Å². The van der Waals surface area contributed by atoms with E-state index in [-0.39, 0.29) is 0 Å². The molecular formula is C13H24N4O. The molecule has 1 aromatic rings. The van der Waals surface area contributed by atoms with Crippen molar-refractivity contribution in [2.24, 2.45) is 5.92 Å². The molecular weight excluding hydrogens is 228 g/mol. The lowest BCUT2D eigenvalue weighted by Gasteiger charge is -2.09. The molecule has 0 radical (unpaired) electrons. The summed E-state index contributed by atoms with van der Waals surface area (Å²) >= 11 is 0. The van der Waals surface area contributed by atoms with Gasteiger partial charge in [-0.2, -0.15) is 0 Å². The minimum Gasteiger partial charge on any atom is -0.384 e. The van der Waals surface area contributed by atoms with E-state index in [2.05, 4.69) is 36.1 Å². The predicted octanol–water partition coefficient (Wildman–Crippen LogP) is 2.10. The fraction of sp³-hybridized carbons (Fsp3) is 0.692. The van der Waals surface area contributed by atoms with E-state index in [0.717, 1.165) is 37.6 Å². The number of rotatable bonds is 8. The zero-order chi connectivity index (χ0) is 13.4. The van der Waals surface area contributed by atoms with Gasteiger partial charge in [0.2, 0.25) is 0 Å². The lowest BCUT2D eigenvalue weighted by molar-refractivity contribution is 0.118. The first-order valence-electron chi connectivity index (χ1n) is 6.56. The van der Waals surface area contributed by atoms with Crippen molar-refractivity contribution in [3.63, 3.8) is 0 Å². The maximum absolute atomic E-state index is 5.74. The van der Waals surface area contributed by atoms with Crippen molar-refractivity contribution in [2.45, 2.75) is 33.6 Å². The summed E-state index contributed by atoms with van der Waals surface area (Å²) in [7, 11) is 0. The number of ether oxygens (including phenoxy) is 1. The SMILES string of the molecule is CCCc1nc(N)cc(NCCOCC(C)C)n1. The molecule has 0 saturated heterocycles. The van der Waals surface area contributed by atoms with E-state index in [1.54, 1.807) is 6.07 Å². The van der Waals surface area contributed by atoms with Crippen molar-refractivity contribution in [2.75, 3.05) is 30.8 Å². The van der Waals surface area contributed by atoms with Crippen molar-refractivity contribution in [1.82, 2.24) is 9.97 Å². The van der Waals surface area contributed by atoms with Crippen LogP contribution < -0.4 is 11.1 Å². The average molecular weight is 252 g/mol. The topological polar surface area (TPSA) is 73.1 Å². The Morgan fingerprint density at radius 2 is 2.17 bits per heavy atom. The molecule has 0 atom stereocenters. The maximum Gasteiger partial charge on any atom is 0.133 e. The van der Waals surface area contributed by atoms with Crippen molar-refractivity contribution < 1.29 is 4.74 Å². The number of aromatic nitrogens is 2.